The molecule has 1 aromatic heterocycles. The van der Waals surface area contributed by atoms with Crippen LogP contribution < -0.4 is 5.32 Å². The van der Waals surface area contributed by atoms with E-state index in [-0.39, 0.29) is 5.56 Å². The van der Waals surface area contributed by atoms with E-state index in [4.69, 9.17) is 16.7 Å². The van der Waals surface area contributed by atoms with E-state index in [1.54, 1.807) is 0 Å². The Hall–Kier alpha value is -1.66. The lowest BCUT2D eigenvalue weighted by molar-refractivity contribution is 0.0692. The Balaban J connectivity index is 2.10. The summed E-state index contributed by atoms with van der Waals surface area (Å²) in [6.07, 6.45) is 1.54. The van der Waals surface area contributed by atoms with Crippen molar-refractivity contribution in [2.45, 2.75) is 6.54 Å². The van der Waals surface area contributed by atoms with Gasteiger partial charge in [0.25, 0.3) is 0 Å². The highest BCUT2D eigenvalue weighted by Crippen LogP contribution is 2.20. The zero-order valence-electron chi connectivity index (χ0n) is 8.98. The fraction of sp³-hybridized carbons (Fsp3) is 0.0909. The molecule has 0 bridgehead atoms. The summed E-state index contributed by atoms with van der Waals surface area (Å²) in [5.74, 6) is -2.06. The van der Waals surface area contributed by atoms with Crippen molar-refractivity contribution in [2.24, 2.45) is 0 Å². The van der Waals surface area contributed by atoms with Crippen LogP contribution in [0.2, 0.25) is 4.34 Å². The van der Waals surface area contributed by atoms with Crippen LogP contribution in [0, 0.1) is 5.82 Å². The minimum atomic E-state index is -1.30. The van der Waals surface area contributed by atoms with Gasteiger partial charge in [-0.05, 0) is 18.2 Å². The van der Waals surface area contributed by atoms with E-state index < -0.39 is 11.8 Å². The number of carboxylic acids is 1. The second-order valence-electron chi connectivity index (χ2n) is 3.41. The number of carboxylic acid groups (broad SMARTS) is 1. The third-order valence-corrected chi connectivity index (χ3v) is 3.28. The van der Waals surface area contributed by atoms with Gasteiger partial charge in [-0.1, -0.05) is 11.6 Å². The zero-order chi connectivity index (χ0) is 13.1. The molecular weight excluding hydrogens is 279 g/mol. The molecule has 4 nitrogen and oxygen atoms in total. The second kappa shape index (κ2) is 5.32. The van der Waals surface area contributed by atoms with Crippen LogP contribution in [0.3, 0.4) is 0 Å². The number of hydrogen-bond donors (Lipinski definition) is 2. The van der Waals surface area contributed by atoms with Gasteiger partial charge in [0.05, 0.1) is 18.3 Å². The van der Waals surface area contributed by atoms with Gasteiger partial charge >= 0.3 is 5.97 Å². The van der Waals surface area contributed by atoms with Crippen LogP contribution >= 0.6 is 22.9 Å². The lowest BCUT2D eigenvalue weighted by Gasteiger charge is -2.05. The number of anilines is 1. The van der Waals surface area contributed by atoms with E-state index in [0.29, 0.717) is 16.6 Å². The van der Waals surface area contributed by atoms with Crippen molar-refractivity contribution in [3.05, 3.63) is 45.1 Å². The molecule has 94 valence electrons. The lowest BCUT2D eigenvalue weighted by atomic mass is 10.2. The van der Waals surface area contributed by atoms with Crippen LogP contribution in [-0.2, 0) is 6.54 Å². The van der Waals surface area contributed by atoms with Gasteiger partial charge in [0.15, 0.2) is 0 Å². The third-order valence-electron chi connectivity index (χ3n) is 2.17. The molecule has 0 radical (unpaired) electrons. The number of benzene rings is 1. The first kappa shape index (κ1) is 12.8. The molecular formula is C11H8ClFN2O2S. The normalized spacial score (nSPS) is 10.3. The largest absolute Gasteiger partial charge is 0.478 e. The fourth-order valence-corrected chi connectivity index (χ4v) is 2.24. The van der Waals surface area contributed by atoms with Crippen LogP contribution in [0.25, 0.3) is 0 Å². The summed E-state index contributed by atoms with van der Waals surface area (Å²) in [6, 6.07) is 3.82. The summed E-state index contributed by atoms with van der Waals surface area (Å²) in [5, 5.41) is 12.5. The Morgan fingerprint density at radius 3 is 2.94 bits per heavy atom. The monoisotopic (exact) mass is 286 g/mol. The topological polar surface area (TPSA) is 62.2 Å². The van der Waals surface area contributed by atoms with E-state index in [1.807, 2.05) is 0 Å². The third kappa shape index (κ3) is 2.96. The molecule has 0 saturated heterocycles. The zero-order valence-corrected chi connectivity index (χ0v) is 10.6. The molecule has 2 N–H and O–H groups in total. The van der Waals surface area contributed by atoms with Crippen LogP contribution in [0.1, 0.15) is 15.4 Å². The number of aromatic nitrogens is 1. The Labute approximate surface area is 111 Å². The predicted molar refractivity (Wildman–Crippen MR) is 67.8 cm³/mol. The highest BCUT2D eigenvalue weighted by Gasteiger charge is 2.10. The van der Waals surface area contributed by atoms with Gasteiger partial charge in [-0.25, -0.2) is 14.2 Å². The molecule has 7 heteroatoms. The number of aromatic carboxylic acids is 1. The van der Waals surface area contributed by atoms with Crippen molar-refractivity contribution >= 4 is 34.6 Å². The van der Waals surface area contributed by atoms with Crippen molar-refractivity contribution in [3.63, 3.8) is 0 Å². The predicted octanol–water partition coefficient (Wildman–Crippen LogP) is 3.25. The highest BCUT2D eigenvalue weighted by atomic mass is 35.5. The smallest absolute Gasteiger partial charge is 0.338 e. The standard InChI is InChI=1S/C11H8ClFN2O2S/c12-9-4-15-10(18-9)5-14-6-1-2-8(13)7(3-6)11(16)17/h1-4,14H,5H2,(H,16,17). The first-order valence-electron chi connectivity index (χ1n) is 4.93. The number of thiazole rings is 1. The van der Waals surface area contributed by atoms with Crippen molar-refractivity contribution in [1.82, 2.24) is 4.98 Å². The maximum absolute atomic E-state index is 13.2. The van der Waals surface area contributed by atoms with Gasteiger partial charge < -0.3 is 10.4 Å². The molecule has 1 aromatic carbocycles. The van der Waals surface area contributed by atoms with Crippen molar-refractivity contribution in [3.8, 4) is 0 Å². The fourth-order valence-electron chi connectivity index (χ4n) is 1.35. The summed E-state index contributed by atoms with van der Waals surface area (Å²) in [7, 11) is 0. The van der Waals surface area contributed by atoms with Gasteiger partial charge in [0, 0.05) is 5.69 Å². The molecule has 0 aliphatic carbocycles. The molecule has 0 saturated carbocycles. The van der Waals surface area contributed by atoms with Gasteiger partial charge in [-0.2, -0.15) is 0 Å². The molecule has 0 amide bonds. The lowest BCUT2D eigenvalue weighted by Crippen LogP contribution is -2.04. The summed E-state index contributed by atoms with van der Waals surface area (Å²) < 4.78 is 13.7. The summed E-state index contributed by atoms with van der Waals surface area (Å²) >= 11 is 7.05. The summed E-state index contributed by atoms with van der Waals surface area (Å²) in [6.45, 7) is 0.405. The molecule has 0 unspecified atom stereocenters. The number of nitrogens with one attached hydrogen (secondary N) is 1. The molecule has 2 aromatic rings. The Morgan fingerprint density at radius 1 is 1.56 bits per heavy atom. The molecule has 2 rings (SSSR count). The molecule has 0 fully saturated rings. The number of halogens is 2. The van der Waals surface area contributed by atoms with Crippen LogP contribution in [0.4, 0.5) is 10.1 Å². The molecule has 0 aliphatic heterocycles. The van der Waals surface area contributed by atoms with E-state index >= 15 is 0 Å². The average molecular weight is 287 g/mol. The highest BCUT2D eigenvalue weighted by molar-refractivity contribution is 7.15. The summed E-state index contributed by atoms with van der Waals surface area (Å²) in [5.41, 5.74) is 0.150. The minimum absolute atomic E-state index is 0.364. The number of carbonyl (C=O) groups is 1. The second-order valence-corrected chi connectivity index (χ2v) is 5.16. The SMILES string of the molecule is O=C(O)c1cc(NCc2ncc(Cl)s2)ccc1F. The first-order valence-corrected chi connectivity index (χ1v) is 6.12. The maximum Gasteiger partial charge on any atom is 0.338 e. The van der Waals surface area contributed by atoms with E-state index in [1.165, 1.54) is 29.7 Å². The number of rotatable bonds is 4. The van der Waals surface area contributed by atoms with Crippen molar-refractivity contribution in [2.75, 3.05) is 5.32 Å². The van der Waals surface area contributed by atoms with Gasteiger partial charge in [-0.15, -0.1) is 11.3 Å². The maximum atomic E-state index is 13.2. The minimum Gasteiger partial charge on any atom is -0.478 e. The Kier molecular flexibility index (Phi) is 3.78. The number of hydrogen-bond acceptors (Lipinski definition) is 4. The van der Waals surface area contributed by atoms with Crippen molar-refractivity contribution in [1.29, 1.82) is 0 Å². The molecule has 1 heterocycles. The van der Waals surface area contributed by atoms with Gasteiger partial charge in [-0.3, -0.25) is 0 Å². The summed E-state index contributed by atoms with van der Waals surface area (Å²) in [4.78, 5) is 14.8. The quantitative estimate of drug-likeness (QED) is 0.906. The van der Waals surface area contributed by atoms with E-state index in [2.05, 4.69) is 10.3 Å². The average Bonchev–Trinajstić information content (AvgIpc) is 2.74. The number of nitrogens with zero attached hydrogens (tertiary/aromatic N) is 1. The van der Waals surface area contributed by atoms with Gasteiger partial charge in [0.1, 0.15) is 15.2 Å². The van der Waals surface area contributed by atoms with E-state index in [0.717, 1.165) is 11.1 Å². The van der Waals surface area contributed by atoms with Crippen LogP contribution in [0.15, 0.2) is 24.4 Å². The van der Waals surface area contributed by atoms with Crippen LogP contribution in [-0.4, -0.2) is 16.1 Å². The van der Waals surface area contributed by atoms with Gasteiger partial charge in [0.2, 0.25) is 0 Å². The molecule has 0 atom stereocenters. The first-order chi connectivity index (χ1) is 8.56. The Morgan fingerprint density at radius 2 is 2.33 bits per heavy atom. The van der Waals surface area contributed by atoms with E-state index in [9.17, 15) is 9.18 Å². The Bertz CT molecular complexity index is 588. The molecule has 18 heavy (non-hydrogen) atoms. The van der Waals surface area contributed by atoms with Crippen molar-refractivity contribution < 1.29 is 14.3 Å². The molecule has 0 spiro atoms. The molecule has 0 aliphatic rings. The van der Waals surface area contributed by atoms with Crippen LogP contribution in [0.5, 0.6) is 0 Å².